The molecule has 0 saturated heterocycles. The number of nitrogens with zero attached hydrogens (tertiary/aromatic N) is 1. The minimum Gasteiger partial charge on any atom is -0.495 e. The standard InChI is InChI=1S/C17H18F2N2O4S/c1-25-16-6-4-3-5-15(16)21(26(2,23)24)10-9-17(22)20-14-8-7-12(18)11-13(14)19/h3-8,11H,9-10H2,1-2H3,(H,20,22). The molecular formula is C17H18F2N2O4S. The zero-order valence-corrected chi connectivity index (χ0v) is 15.0. The minimum atomic E-state index is -3.68. The maximum Gasteiger partial charge on any atom is 0.232 e. The van der Waals surface area contributed by atoms with E-state index in [-0.39, 0.29) is 18.7 Å². The van der Waals surface area contributed by atoms with Crippen LogP contribution in [-0.2, 0) is 14.8 Å². The van der Waals surface area contributed by atoms with E-state index < -0.39 is 27.6 Å². The van der Waals surface area contributed by atoms with Gasteiger partial charge in [0.25, 0.3) is 0 Å². The second-order valence-corrected chi connectivity index (χ2v) is 7.34. The van der Waals surface area contributed by atoms with Crippen LogP contribution in [0.3, 0.4) is 0 Å². The van der Waals surface area contributed by atoms with Crippen molar-refractivity contribution in [3.63, 3.8) is 0 Å². The van der Waals surface area contributed by atoms with E-state index in [1.807, 2.05) is 0 Å². The number of hydrogen-bond donors (Lipinski definition) is 1. The number of para-hydroxylation sites is 2. The highest BCUT2D eigenvalue weighted by Crippen LogP contribution is 2.29. The Morgan fingerprint density at radius 3 is 2.50 bits per heavy atom. The molecule has 9 heteroatoms. The summed E-state index contributed by atoms with van der Waals surface area (Å²) in [5.41, 5.74) is 0.109. The molecule has 0 aliphatic carbocycles. The van der Waals surface area contributed by atoms with E-state index in [0.717, 1.165) is 22.7 Å². The van der Waals surface area contributed by atoms with E-state index in [0.29, 0.717) is 17.5 Å². The first-order chi connectivity index (χ1) is 12.2. The first-order valence-electron chi connectivity index (χ1n) is 7.58. The topological polar surface area (TPSA) is 75.7 Å². The van der Waals surface area contributed by atoms with Gasteiger partial charge in [0.1, 0.15) is 17.4 Å². The van der Waals surface area contributed by atoms with Crippen LogP contribution < -0.4 is 14.4 Å². The van der Waals surface area contributed by atoms with Gasteiger partial charge in [0.15, 0.2) is 0 Å². The number of anilines is 2. The third kappa shape index (κ3) is 4.92. The molecule has 140 valence electrons. The fraction of sp³-hybridized carbons (Fsp3) is 0.235. The molecule has 26 heavy (non-hydrogen) atoms. The lowest BCUT2D eigenvalue weighted by Gasteiger charge is -2.24. The quantitative estimate of drug-likeness (QED) is 0.797. The van der Waals surface area contributed by atoms with Gasteiger partial charge in [-0.05, 0) is 24.3 Å². The SMILES string of the molecule is COc1ccccc1N(CCC(=O)Nc1ccc(F)cc1F)S(C)(=O)=O. The van der Waals surface area contributed by atoms with Crippen LogP contribution in [0.1, 0.15) is 6.42 Å². The average Bonchev–Trinajstić information content (AvgIpc) is 2.57. The van der Waals surface area contributed by atoms with Crippen molar-refractivity contribution in [2.45, 2.75) is 6.42 Å². The molecule has 0 aliphatic heterocycles. The summed E-state index contributed by atoms with van der Waals surface area (Å²) in [5.74, 6) is -1.95. The van der Waals surface area contributed by atoms with Gasteiger partial charge in [-0.1, -0.05) is 12.1 Å². The van der Waals surface area contributed by atoms with Gasteiger partial charge in [-0.3, -0.25) is 9.10 Å². The third-order valence-corrected chi connectivity index (χ3v) is 4.68. The van der Waals surface area contributed by atoms with Crippen molar-refractivity contribution in [2.24, 2.45) is 0 Å². The van der Waals surface area contributed by atoms with Crippen LogP contribution >= 0.6 is 0 Å². The van der Waals surface area contributed by atoms with Gasteiger partial charge in [0.2, 0.25) is 15.9 Å². The van der Waals surface area contributed by atoms with E-state index >= 15 is 0 Å². The number of rotatable bonds is 7. The maximum absolute atomic E-state index is 13.6. The lowest BCUT2D eigenvalue weighted by Crippen LogP contribution is -2.33. The number of hydrogen-bond acceptors (Lipinski definition) is 4. The summed E-state index contributed by atoms with van der Waals surface area (Å²) in [4.78, 5) is 12.0. The molecule has 6 nitrogen and oxygen atoms in total. The fourth-order valence-electron chi connectivity index (χ4n) is 2.31. The van der Waals surface area contributed by atoms with Crippen molar-refractivity contribution in [1.82, 2.24) is 0 Å². The molecule has 2 aromatic carbocycles. The monoisotopic (exact) mass is 384 g/mol. The smallest absolute Gasteiger partial charge is 0.232 e. The first kappa shape index (κ1) is 19.6. The number of carbonyl (C=O) groups is 1. The second kappa shape index (κ2) is 8.13. The number of carbonyl (C=O) groups excluding carboxylic acids is 1. The highest BCUT2D eigenvalue weighted by molar-refractivity contribution is 7.92. The highest BCUT2D eigenvalue weighted by Gasteiger charge is 2.22. The molecule has 0 unspecified atom stereocenters. The van der Waals surface area contributed by atoms with Crippen LogP contribution in [0.2, 0.25) is 0 Å². The van der Waals surface area contributed by atoms with Gasteiger partial charge >= 0.3 is 0 Å². The summed E-state index contributed by atoms with van der Waals surface area (Å²) in [7, 11) is -2.28. The molecule has 0 saturated carbocycles. The Hall–Kier alpha value is -2.68. The molecule has 1 amide bonds. The van der Waals surface area contributed by atoms with E-state index in [1.54, 1.807) is 24.3 Å². The van der Waals surface area contributed by atoms with Crippen LogP contribution in [0.5, 0.6) is 5.75 Å². The number of nitrogens with one attached hydrogen (secondary N) is 1. The zero-order valence-electron chi connectivity index (χ0n) is 14.2. The fourth-order valence-corrected chi connectivity index (χ4v) is 3.24. The predicted octanol–water partition coefficient (Wildman–Crippen LogP) is 2.77. The normalized spacial score (nSPS) is 11.1. The van der Waals surface area contributed by atoms with E-state index in [9.17, 15) is 22.0 Å². The van der Waals surface area contributed by atoms with E-state index in [1.165, 1.54) is 7.11 Å². The lowest BCUT2D eigenvalue weighted by atomic mass is 10.2. The molecule has 0 aliphatic rings. The van der Waals surface area contributed by atoms with Crippen LogP contribution in [0, 0.1) is 11.6 Å². The summed E-state index contributed by atoms with van der Waals surface area (Å²) in [6.45, 7) is -0.173. The first-order valence-corrected chi connectivity index (χ1v) is 9.43. The van der Waals surface area contributed by atoms with Gasteiger partial charge in [-0.15, -0.1) is 0 Å². The Kier molecular flexibility index (Phi) is 6.14. The molecule has 0 heterocycles. The number of methoxy groups -OCH3 is 1. The largest absolute Gasteiger partial charge is 0.495 e. The highest BCUT2D eigenvalue weighted by atomic mass is 32.2. The van der Waals surface area contributed by atoms with Gasteiger partial charge in [0, 0.05) is 19.0 Å². The van der Waals surface area contributed by atoms with Crippen molar-refractivity contribution in [3.8, 4) is 5.75 Å². The van der Waals surface area contributed by atoms with E-state index in [4.69, 9.17) is 4.74 Å². The summed E-state index contributed by atoms with van der Waals surface area (Å²) in [6, 6.07) is 9.23. The summed E-state index contributed by atoms with van der Waals surface area (Å²) < 4.78 is 56.9. The van der Waals surface area contributed by atoms with Crippen LogP contribution in [0.25, 0.3) is 0 Å². The zero-order chi connectivity index (χ0) is 19.3. The van der Waals surface area contributed by atoms with Crippen LogP contribution in [0.15, 0.2) is 42.5 Å². The predicted molar refractivity (Wildman–Crippen MR) is 94.8 cm³/mol. The Morgan fingerprint density at radius 1 is 1.19 bits per heavy atom. The number of halogens is 2. The summed E-state index contributed by atoms with van der Waals surface area (Å²) >= 11 is 0. The number of amides is 1. The van der Waals surface area contributed by atoms with Crippen molar-refractivity contribution in [3.05, 3.63) is 54.1 Å². The molecular weight excluding hydrogens is 366 g/mol. The Labute approximate surface area is 150 Å². The second-order valence-electron chi connectivity index (χ2n) is 5.43. The van der Waals surface area contributed by atoms with Crippen LogP contribution in [0.4, 0.5) is 20.2 Å². The van der Waals surface area contributed by atoms with Crippen LogP contribution in [-0.4, -0.2) is 34.2 Å². The van der Waals surface area contributed by atoms with Crippen molar-refractivity contribution in [2.75, 3.05) is 29.5 Å². The van der Waals surface area contributed by atoms with Gasteiger partial charge in [-0.2, -0.15) is 0 Å². The molecule has 0 aromatic heterocycles. The minimum absolute atomic E-state index is 0.173. The number of benzene rings is 2. The molecule has 1 N–H and O–H groups in total. The molecule has 0 atom stereocenters. The van der Waals surface area contributed by atoms with Crippen molar-refractivity contribution >= 4 is 27.3 Å². The summed E-state index contributed by atoms with van der Waals surface area (Å²) in [6.07, 6.45) is 0.777. The Morgan fingerprint density at radius 2 is 1.88 bits per heavy atom. The molecule has 0 fully saturated rings. The molecule has 0 radical (unpaired) electrons. The van der Waals surface area contributed by atoms with Gasteiger partial charge in [0.05, 0.1) is 24.7 Å². The Bertz CT molecular complexity index is 903. The van der Waals surface area contributed by atoms with Crippen molar-refractivity contribution in [1.29, 1.82) is 0 Å². The van der Waals surface area contributed by atoms with Gasteiger partial charge < -0.3 is 10.1 Å². The summed E-state index contributed by atoms with van der Waals surface area (Å²) in [5, 5.41) is 2.29. The molecule has 2 rings (SSSR count). The van der Waals surface area contributed by atoms with E-state index in [2.05, 4.69) is 5.32 Å². The third-order valence-electron chi connectivity index (χ3n) is 3.50. The number of ether oxygens (including phenoxy) is 1. The molecule has 2 aromatic rings. The average molecular weight is 384 g/mol. The molecule has 0 spiro atoms. The Balaban J connectivity index is 2.14. The number of sulfonamides is 1. The maximum atomic E-state index is 13.6. The lowest BCUT2D eigenvalue weighted by molar-refractivity contribution is -0.116. The molecule has 0 bridgehead atoms. The van der Waals surface area contributed by atoms with Gasteiger partial charge in [-0.25, -0.2) is 17.2 Å². The van der Waals surface area contributed by atoms with Crippen molar-refractivity contribution < 1.29 is 26.7 Å².